The zero-order valence-electron chi connectivity index (χ0n) is 17.3. The Morgan fingerprint density at radius 3 is 1.15 bits per heavy atom. The van der Waals surface area contributed by atoms with Crippen molar-refractivity contribution in [3.05, 3.63) is 0 Å². The molecule has 0 heterocycles. The van der Waals surface area contributed by atoms with Crippen molar-refractivity contribution in [1.29, 1.82) is 0 Å². The van der Waals surface area contributed by atoms with Crippen molar-refractivity contribution in [3.63, 3.8) is 0 Å². The summed E-state index contributed by atoms with van der Waals surface area (Å²) in [4.78, 5) is 0. The molecular weight excluding hydrogens is 411 g/mol. The molecule has 0 atom stereocenters. The summed E-state index contributed by atoms with van der Waals surface area (Å²) in [6.07, 6.45) is 20.3. The Labute approximate surface area is 171 Å². The molecule has 3 nitrogen and oxygen atoms in total. The van der Waals surface area contributed by atoms with Crippen LogP contribution in [-0.2, 0) is 0 Å². The quantitative estimate of drug-likeness (QED) is 0.157. The van der Waals surface area contributed by atoms with Crippen LogP contribution in [0.15, 0.2) is 0 Å². The first-order chi connectivity index (χ1) is 12.5. The van der Waals surface area contributed by atoms with Gasteiger partial charge in [0.15, 0.2) is 0 Å². The van der Waals surface area contributed by atoms with Crippen molar-refractivity contribution in [3.8, 4) is 0 Å². The minimum atomic E-state index is -2.10. The van der Waals surface area contributed by atoms with Crippen LogP contribution in [0.3, 0.4) is 0 Å². The first-order valence-corrected chi connectivity index (χ1v) is 16.1. The number of aliphatic hydroxyl groups is 3. The number of halogens is 1. The van der Waals surface area contributed by atoms with E-state index in [1.165, 1.54) is 70.4 Å². The van der Waals surface area contributed by atoms with E-state index in [-0.39, 0.29) is 19.8 Å². The van der Waals surface area contributed by atoms with Gasteiger partial charge in [-0.2, -0.15) is 0 Å². The van der Waals surface area contributed by atoms with Crippen LogP contribution in [0.1, 0.15) is 90.4 Å². The van der Waals surface area contributed by atoms with E-state index < -0.39 is 5.31 Å². The van der Waals surface area contributed by atoms with E-state index in [2.05, 4.69) is 22.4 Å². The van der Waals surface area contributed by atoms with E-state index in [0.717, 1.165) is 37.7 Å². The summed E-state index contributed by atoms with van der Waals surface area (Å²) in [6.45, 7) is 2.97. The van der Waals surface area contributed by atoms with Crippen molar-refractivity contribution in [2.75, 3.05) is 44.5 Å². The molecule has 0 aromatic rings. The van der Waals surface area contributed by atoms with E-state index in [9.17, 15) is 15.3 Å². The second-order valence-electron chi connectivity index (χ2n) is 8.13. The maximum atomic E-state index is 9.34. The molecule has 0 unspecified atom stereocenters. The molecule has 0 amide bonds. The number of rotatable bonds is 20. The van der Waals surface area contributed by atoms with Crippen LogP contribution < -0.4 is 0 Å². The molecule has 0 spiro atoms. The maximum absolute atomic E-state index is 9.34. The van der Waals surface area contributed by atoms with E-state index in [4.69, 9.17) is 0 Å². The molecule has 0 fully saturated rings. The van der Waals surface area contributed by atoms with E-state index in [1.807, 2.05) is 0 Å². The second-order valence-corrected chi connectivity index (χ2v) is 19.6. The number of aliphatic hydroxyl groups excluding tert-OH is 3. The molecule has 26 heavy (non-hydrogen) atoms. The van der Waals surface area contributed by atoms with Crippen LogP contribution >= 0.6 is 20.8 Å². The first kappa shape index (κ1) is 26.8. The Morgan fingerprint density at radius 2 is 0.808 bits per heavy atom. The van der Waals surface area contributed by atoms with Gasteiger partial charge >= 0.3 is 171 Å². The molecule has 0 aromatic heterocycles. The molecule has 0 aliphatic heterocycles. The molecule has 0 aliphatic rings. The summed E-state index contributed by atoms with van der Waals surface area (Å²) in [6, 6.07) is 0. The van der Waals surface area contributed by atoms with Crippen LogP contribution in [0.25, 0.3) is 0 Å². The molecular formula is C21H46BrO3P. The molecule has 5 heteroatoms. The third-order valence-electron chi connectivity index (χ3n) is 5.70. The standard InChI is InChI=1S/C21H46BrO3P/c1-2-3-4-5-6-7-8-9-10-11-18-26(22,19-12-15-23,20-13-16-24)21-14-17-25/h23-25H,2-21H2,1H3. The topological polar surface area (TPSA) is 60.7 Å². The molecule has 0 saturated carbocycles. The summed E-state index contributed by atoms with van der Waals surface area (Å²) in [5.74, 6) is 0. The van der Waals surface area contributed by atoms with Gasteiger partial charge in [0.1, 0.15) is 0 Å². The van der Waals surface area contributed by atoms with Gasteiger partial charge in [-0.1, -0.05) is 0 Å². The number of hydrogen-bond acceptors (Lipinski definition) is 3. The van der Waals surface area contributed by atoms with Gasteiger partial charge in [-0.3, -0.25) is 0 Å². The zero-order chi connectivity index (χ0) is 19.6. The third-order valence-corrected chi connectivity index (χ3v) is 15.7. The molecule has 0 aromatic carbocycles. The Kier molecular flexibility index (Phi) is 17.2. The Bertz CT molecular complexity index is 291. The Hall–Kier alpha value is 0.790. The average Bonchev–Trinajstić information content (AvgIpc) is 2.65. The molecule has 0 radical (unpaired) electrons. The van der Waals surface area contributed by atoms with Gasteiger partial charge in [0.2, 0.25) is 0 Å². The summed E-state index contributed by atoms with van der Waals surface area (Å²) in [5.41, 5.74) is 0. The third kappa shape index (κ3) is 13.0. The molecule has 0 saturated heterocycles. The molecule has 0 aliphatic carbocycles. The summed E-state index contributed by atoms with van der Waals surface area (Å²) >= 11 is 4.21. The van der Waals surface area contributed by atoms with Gasteiger partial charge < -0.3 is 0 Å². The first-order valence-electron chi connectivity index (χ1n) is 11.1. The fourth-order valence-corrected chi connectivity index (χ4v) is 12.2. The van der Waals surface area contributed by atoms with Gasteiger partial charge in [0.25, 0.3) is 0 Å². The van der Waals surface area contributed by atoms with Crippen molar-refractivity contribution < 1.29 is 15.3 Å². The molecule has 0 bridgehead atoms. The van der Waals surface area contributed by atoms with Crippen molar-refractivity contribution in [1.82, 2.24) is 0 Å². The Balaban J connectivity index is 4.27. The minimum absolute atomic E-state index is 0.236. The fraction of sp³-hybridized carbons (Fsp3) is 1.00. The normalized spacial score (nSPS) is 13.7. The molecule has 160 valence electrons. The van der Waals surface area contributed by atoms with Crippen molar-refractivity contribution in [2.45, 2.75) is 90.4 Å². The van der Waals surface area contributed by atoms with Crippen LogP contribution in [0.4, 0.5) is 0 Å². The zero-order valence-corrected chi connectivity index (χ0v) is 19.8. The van der Waals surface area contributed by atoms with Crippen LogP contribution in [-0.4, -0.2) is 59.8 Å². The Morgan fingerprint density at radius 1 is 0.500 bits per heavy atom. The second kappa shape index (κ2) is 16.7. The summed E-state index contributed by atoms with van der Waals surface area (Å²) < 4.78 is 0. The van der Waals surface area contributed by atoms with Gasteiger partial charge in [0, 0.05) is 0 Å². The van der Waals surface area contributed by atoms with Crippen molar-refractivity contribution in [2.24, 2.45) is 0 Å². The van der Waals surface area contributed by atoms with Crippen LogP contribution in [0.2, 0.25) is 0 Å². The van der Waals surface area contributed by atoms with Crippen LogP contribution in [0, 0.1) is 0 Å². The van der Waals surface area contributed by atoms with Crippen LogP contribution in [0.5, 0.6) is 0 Å². The average molecular weight is 457 g/mol. The predicted molar refractivity (Wildman–Crippen MR) is 122 cm³/mol. The van der Waals surface area contributed by atoms with Crippen molar-refractivity contribution >= 4 is 20.8 Å². The summed E-state index contributed by atoms with van der Waals surface area (Å²) in [5, 5.41) is 25.9. The van der Waals surface area contributed by atoms with E-state index in [1.54, 1.807) is 0 Å². The van der Waals surface area contributed by atoms with Gasteiger partial charge in [-0.05, 0) is 0 Å². The monoisotopic (exact) mass is 456 g/mol. The number of unbranched alkanes of at least 4 members (excludes halogenated alkanes) is 9. The number of hydrogen-bond donors (Lipinski definition) is 3. The fourth-order valence-electron chi connectivity index (χ4n) is 4.06. The molecule has 3 N–H and O–H groups in total. The predicted octanol–water partition coefficient (Wildman–Crippen LogP) is 5.92. The van der Waals surface area contributed by atoms with Gasteiger partial charge in [-0.15, -0.1) is 0 Å². The van der Waals surface area contributed by atoms with E-state index in [0.29, 0.717) is 0 Å². The summed E-state index contributed by atoms with van der Waals surface area (Å²) in [7, 11) is 0. The van der Waals surface area contributed by atoms with E-state index >= 15 is 0 Å². The SMILES string of the molecule is CCCCCCCCCCCCP(Br)(CCCO)(CCCO)CCCO. The molecule has 0 rings (SSSR count). The van der Waals surface area contributed by atoms with Gasteiger partial charge in [-0.25, -0.2) is 0 Å². The van der Waals surface area contributed by atoms with Gasteiger partial charge in [0.05, 0.1) is 0 Å².